The number of benzene rings is 1. The number of nitrogens with two attached hydrogens (primary N) is 1. The van der Waals surface area contributed by atoms with Crippen molar-refractivity contribution in [1.29, 1.82) is 0 Å². The van der Waals surface area contributed by atoms with Gasteiger partial charge in [0.25, 0.3) is 5.91 Å². The van der Waals surface area contributed by atoms with Crippen LogP contribution in [0.4, 0.5) is 0 Å². The molecule has 1 heterocycles. The van der Waals surface area contributed by atoms with Crippen LogP contribution in [0, 0.1) is 6.92 Å². The van der Waals surface area contributed by atoms with E-state index in [-0.39, 0.29) is 5.91 Å². The van der Waals surface area contributed by atoms with Crippen molar-refractivity contribution in [3.05, 3.63) is 47.3 Å². The van der Waals surface area contributed by atoms with E-state index in [1.54, 1.807) is 11.7 Å². The molecule has 1 aromatic heterocycles. The predicted molar refractivity (Wildman–Crippen MR) is 110 cm³/mol. The van der Waals surface area contributed by atoms with Crippen molar-refractivity contribution < 1.29 is 4.79 Å². The fourth-order valence-corrected chi connectivity index (χ4v) is 2.48. The minimum atomic E-state index is -0.0249. The number of carbonyl (C=O) groups is 1. The van der Waals surface area contributed by atoms with Gasteiger partial charge in [0.1, 0.15) is 0 Å². The summed E-state index contributed by atoms with van der Waals surface area (Å²) < 4.78 is 1.80. The maximum atomic E-state index is 11.1. The lowest BCUT2D eigenvalue weighted by Gasteiger charge is -2.22. The summed E-state index contributed by atoms with van der Waals surface area (Å²) in [6.45, 7) is 8.74. The van der Waals surface area contributed by atoms with Gasteiger partial charge in [-0.1, -0.05) is 30.3 Å². The molecule has 3 N–H and O–H groups in total. The van der Waals surface area contributed by atoms with E-state index in [2.05, 4.69) is 41.4 Å². The molecule has 2 aromatic rings. The van der Waals surface area contributed by atoms with E-state index < -0.39 is 0 Å². The SMILES string of the molecule is CCC(C)N(C)CCc1cn(CCN)nn1.CNC(=O)c1ccccc1C. The van der Waals surface area contributed by atoms with E-state index in [0.29, 0.717) is 12.6 Å². The average Bonchev–Trinajstić information content (AvgIpc) is 3.13. The maximum Gasteiger partial charge on any atom is 0.251 e. The van der Waals surface area contributed by atoms with Gasteiger partial charge in [0.2, 0.25) is 0 Å². The van der Waals surface area contributed by atoms with Crippen molar-refractivity contribution in [2.75, 3.05) is 27.2 Å². The Balaban J connectivity index is 0.000000289. The summed E-state index contributed by atoms with van der Waals surface area (Å²) in [5.41, 5.74) is 8.25. The third kappa shape index (κ3) is 7.88. The van der Waals surface area contributed by atoms with Gasteiger partial charge in [-0.25, -0.2) is 0 Å². The number of hydrogen-bond donors (Lipinski definition) is 2. The van der Waals surface area contributed by atoms with Crippen LogP contribution < -0.4 is 11.1 Å². The number of carbonyl (C=O) groups excluding carboxylic acids is 1. The zero-order valence-corrected chi connectivity index (χ0v) is 17.3. The third-order valence-electron chi connectivity index (χ3n) is 4.62. The highest BCUT2D eigenvalue weighted by atomic mass is 16.1. The van der Waals surface area contributed by atoms with E-state index in [1.807, 2.05) is 37.4 Å². The summed E-state index contributed by atoms with van der Waals surface area (Å²) in [7, 11) is 3.78. The van der Waals surface area contributed by atoms with E-state index in [9.17, 15) is 4.79 Å². The van der Waals surface area contributed by atoms with E-state index >= 15 is 0 Å². The van der Waals surface area contributed by atoms with Crippen LogP contribution in [-0.2, 0) is 13.0 Å². The van der Waals surface area contributed by atoms with Gasteiger partial charge in [-0.2, -0.15) is 0 Å². The minimum Gasteiger partial charge on any atom is -0.355 e. The zero-order chi connectivity index (χ0) is 20.2. The van der Waals surface area contributed by atoms with Crippen LogP contribution in [0.5, 0.6) is 0 Å². The first-order chi connectivity index (χ1) is 12.9. The van der Waals surface area contributed by atoms with E-state index in [1.165, 1.54) is 6.42 Å². The molecule has 0 fully saturated rings. The Morgan fingerprint density at radius 2 is 2.07 bits per heavy atom. The second-order valence-electron chi connectivity index (χ2n) is 6.64. The van der Waals surface area contributed by atoms with Crippen molar-refractivity contribution in [2.24, 2.45) is 5.73 Å². The minimum absolute atomic E-state index is 0.0249. The molecule has 0 spiro atoms. The Kier molecular flexibility index (Phi) is 10.3. The lowest BCUT2D eigenvalue weighted by molar-refractivity contribution is 0.0962. The van der Waals surface area contributed by atoms with Crippen LogP contribution in [0.25, 0.3) is 0 Å². The van der Waals surface area contributed by atoms with Crippen LogP contribution in [0.1, 0.15) is 41.9 Å². The van der Waals surface area contributed by atoms with E-state index in [0.717, 1.165) is 36.3 Å². The molecular formula is C20H34N6O. The van der Waals surface area contributed by atoms with Gasteiger partial charge in [-0.3, -0.25) is 9.48 Å². The first-order valence-corrected chi connectivity index (χ1v) is 9.49. The predicted octanol–water partition coefficient (Wildman–Crippen LogP) is 1.86. The molecule has 1 atom stereocenters. The number of amides is 1. The van der Waals surface area contributed by atoms with Crippen LogP contribution in [0.3, 0.4) is 0 Å². The first-order valence-electron chi connectivity index (χ1n) is 9.49. The fourth-order valence-electron chi connectivity index (χ4n) is 2.48. The maximum absolute atomic E-state index is 11.1. The summed E-state index contributed by atoms with van der Waals surface area (Å²) in [4.78, 5) is 13.5. The normalized spacial score (nSPS) is 11.7. The van der Waals surface area contributed by atoms with Gasteiger partial charge >= 0.3 is 0 Å². The number of rotatable bonds is 8. The largest absolute Gasteiger partial charge is 0.355 e. The van der Waals surface area contributed by atoms with Crippen LogP contribution in [-0.4, -0.2) is 59.0 Å². The Morgan fingerprint density at radius 1 is 1.37 bits per heavy atom. The molecule has 0 aliphatic carbocycles. The highest BCUT2D eigenvalue weighted by Crippen LogP contribution is 2.05. The quantitative estimate of drug-likeness (QED) is 0.736. The summed E-state index contributed by atoms with van der Waals surface area (Å²) in [6.07, 6.45) is 4.11. The molecule has 0 aliphatic heterocycles. The number of nitrogens with one attached hydrogen (secondary N) is 1. The molecule has 27 heavy (non-hydrogen) atoms. The molecule has 0 saturated heterocycles. The van der Waals surface area contributed by atoms with Crippen LogP contribution >= 0.6 is 0 Å². The second kappa shape index (κ2) is 12.2. The Labute approximate surface area is 162 Å². The molecule has 150 valence electrons. The van der Waals surface area contributed by atoms with Crippen molar-refractivity contribution in [1.82, 2.24) is 25.2 Å². The van der Waals surface area contributed by atoms with Gasteiger partial charge in [0, 0.05) is 44.4 Å². The zero-order valence-electron chi connectivity index (χ0n) is 17.3. The number of aromatic nitrogens is 3. The summed E-state index contributed by atoms with van der Waals surface area (Å²) in [5, 5.41) is 10.7. The molecule has 0 bridgehead atoms. The van der Waals surface area contributed by atoms with Crippen molar-refractivity contribution in [2.45, 2.75) is 46.2 Å². The molecule has 7 nitrogen and oxygen atoms in total. The number of hydrogen-bond acceptors (Lipinski definition) is 5. The van der Waals surface area contributed by atoms with Crippen molar-refractivity contribution in [3.63, 3.8) is 0 Å². The Morgan fingerprint density at radius 3 is 2.67 bits per heavy atom. The van der Waals surface area contributed by atoms with Gasteiger partial charge < -0.3 is 16.0 Å². The van der Waals surface area contributed by atoms with Crippen molar-refractivity contribution in [3.8, 4) is 0 Å². The number of likely N-dealkylation sites (N-methyl/N-ethyl adjacent to an activating group) is 1. The van der Waals surface area contributed by atoms with Gasteiger partial charge in [-0.05, 0) is 38.9 Å². The molecule has 0 aliphatic rings. The Bertz CT molecular complexity index is 685. The molecule has 1 aromatic carbocycles. The molecule has 0 radical (unpaired) electrons. The summed E-state index contributed by atoms with van der Waals surface area (Å²) in [6, 6.07) is 8.14. The fraction of sp³-hybridized carbons (Fsp3) is 0.550. The molecule has 0 saturated carbocycles. The molecule has 7 heteroatoms. The summed E-state index contributed by atoms with van der Waals surface area (Å²) >= 11 is 0. The van der Waals surface area contributed by atoms with Gasteiger partial charge in [0.05, 0.1) is 12.2 Å². The lowest BCUT2D eigenvalue weighted by Crippen LogP contribution is -2.30. The molecule has 2 rings (SSSR count). The van der Waals surface area contributed by atoms with Gasteiger partial charge in [-0.15, -0.1) is 5.10 Å². The van der Waals surface area contributed by atoms with Gasteiger partial charge in [0.15, 0.2) is 0 Å². The number of aryl methyl sites for hydroxylation is 1. The average molecular weight is 375 g/mol. The highest BCUT2D eigenvalue weighted by Gasteiger charge is 2.08. The molecular weight excluding hydrogens is 340 g/mol. The Hall–Kier alpha value is -2.25. The third-order valence-corrected chi connectivity index (χ3v) is 4.62. The van der Waals surface area contributed by atoms with E-state index in [4.69, 9.17) is 5.73 Å². The smallest absolute Gasteiger partial charge is 0.251 e. The highest BCUT2D eigenvalue weighted by molar-refractivity contribution is 5.95. The molecule has 1 unspecified atom stereocenters. The second-order valence-corrected chi connectivity index (χ2v) is 6.64. The number of nitrogens with zero attached hydrogens (tertiary/aromatic N) is 4. The lowest BCUT2D eigenvalue weighted by atomic mass is 10.1. The van der Waals surface area contributed by atoms with Crippen LogP contribution in [0.15, 0.2) is 30.5 Å². The summed E-state index contributed by atoms with van der Waals surface area (Å²) in [5.74, 6) is -0.0249. The standard InChI is InChI=1S/C11H23N5.C9H11NO/c1-4-10(2)15(3)7-5-11-9-16(8-6-12)14-13-11;1-7-5-3-4-6-8(7)9(11)10-2/h9-10H,4-8,12H2,1-3H3;3-6H,1-2H3,(H,10,11). The van der Waals surface area contributed by atoms with Crippen LogP contribution in [0.2, 0.25) is 0 Å². The first kappa shape index (κ1) is 22.8. The molecule has 1 amide bonds. The topological polar surface area (TPSA) is 89.1 Å². The van der Waals surface area contributed by atoms with Crippen molar-refractivity contribution >= 4 is 5.91 Å². The monoisotopic (exact) mass is 374 g/mol.